The van der Waals surface area contributed by atoms with Crippen LogP contribution < -0.4 is 4.90 Å². The van der Waals surface area contributed by atoms with E-state index in [-0.39, 0.29) is 0 Å². The SMILES string of the molecule is Cc1ccc(CN2CCC(c3nc4ccc(N5CCCC5)cn4n3)CC2)s1. The molecule has 0 aromatic carbocycles. The summed E-state index contributed by atoms with van der Waals surface area (Å²) in [6.45, 7) is 7.87. The third-order valence-corrected chi connectivity index (χ3v) is 6.92. The van der Waals surface area contributed by atoms with Crippen LogP contribution >= 0.6 is 11.3 Å². The molecule has 5 nitrogen and oxygen atoms in total. The van der Waals surface area contributed by atoms with E-state index in [0.29, 0.717) is 5.92 Å². The topological polar surface area (TPSA) is 36.7 Å². The molecular formula is C21H27N5S. The van der Waals surface area contributed by atoms with Crippen LogP contribution in [0.5, 0.6) is 0 Å². The van der Waals surface area contributed by atoms with E-state index >= 15 is 0 Å². The van der Waals surface area contributed by atoms with Crippen LogP contribution in [0.25, 0.3) is 5.65 Å². The van der Waals surface area contributed by atoms with Gasteiger partial charge < -0.3 is 4.90 Å². The van der Waals surface area contributed by atoms with E-state index in [0.717, 1.165) is 57.0 Å². The van der Waals surface area contributed by atoms with Crippen molar-refractivity contribution in [2.24, 2.45) is 0 Å². The monoisotopic (exact) mass is 381 g/mol. The highest BCUT2D eigenvalue weighted by Gasteiger charge is 2.24. The fraction of sp³-hybridized carbons (Fsp3) is 0.524. The summed E-state index contributed by atoms with van der Waals surface area (Å²) in [5.74, 6) is 1.52. The fourth-order valence-corrected chi connectivity index (χ4v) is 5.30. The Labute approximate surface area is 164 Å². The molecule has 0 radical (unpaired) electrons. The van der Waals surface area contributed by atoms with Crippen molar-refractivity contribution in [3.05, 3.63) is 46.0 Å². The van der Waals surface area contributed by atoms with Gasteiger partial charge in [-0.1, -0.05) is 0 Å². The maximum absolute atomic E-state index is 4.84. The summed E-state index contributed by atoms with van der Waals surface area (Å²) < 4.78 is 1.99. The van der Waals surface area contributed by atoms with Crippen molar-refractivity contribution in [2.45, 2.75) is 45.1 Å². The summed E-state index contributed by atoms with van der Waals surface area (Å²) in [6, 6.07) is 8.82. The smallest absolute Gasteiger partial charge is 0.155 e. The predicted molar refractivity (Wildman–Crippen MR) is 111 cm³/mol. The van der Waals surface area contributed by atoms with E-state index in [1.165, 1.54) is 28.3 Å². The first-order valence-electron chi connectivity index (χ1n) is 10.1. The molecular weight excluding hydrogens is 354 g/mol. The zero-order valence-electron chi connectivity index (χ0n) is 16.0. The van der Waals surface area contributed by atoms with E-state index < -0.39 is 0 Å². The second-order valence-corrected chi connectivity index (χ2v) is 9.29. The molecule has 3 aromatic heterocycles. The lowest BCUT2D eigenvalue weighted by molar-refractivity contribution is 0.203. The highest BCUT2D eigenvalue weighted by molar-refractivity contribution is 7.11. The number of hydrogen-bond acceptors (Lipinski definition) is 5. The third kappa shape index (κ3) is 3.60. The Morgan fingerprint density at radius 1 is 1.04 bits per heavy atom. The van der Waals surface area contributed by atoms with Gasteiger partial charge >= 0.3 is 0 Å². The molecule has 2 aliphatic rings. The summed E-state index contributed by atoms with van der Waals surface area (Å²) >= 11 is 1.92. The predicted octanol–water partition coefficient (Wildman–Crippen LogP) is 4.08. The number of aryl methyl sites for hydroxylation is 1. The molecule has 2 fully saturated rings. The molecule has 2 saturated heterocycles. The molecule has 0 unspecified atom stereocenters. The van der Waals surface area contributed by atoms with Crippen LogP contribution in [0.3, 0.4) is 0 Å². The van der Waals surface area contributed by atoms with Crippen molar-refractivity contribution in [2.75, 3.05) is 31.1 Å². The minimum Gasteiger partial charge on any atom is -0.370 e. The van der Waals surface area contributed by atoms with Gasteiger partial charge in [0.15, 0.2) is 11.5 Å². The second-order valence-electron chi connectivity index (χ2n) is 7.92. The highest BCUT2D eigenvalue weighted by atomic mass is 32.1. The van der Waals surface area contributed by atoms with Gasteiger partial charge in [-0.05, 0) is 70.0 Å². The Hall–Kier alpha value is -1.92. The number of nitrogens with zero attached hydrogens (tertiary/aromatic N) is 5. The van der Waals surface area contributed by atoms with E-state index in [1.54, 1.807) is 0 Å². The Bertz CT molecular complexity index is 916. The molecule has 0 spiro atoms. The zero-order valence-corrected chi connectivity index (χ0v) is 16.8. The van der Waals surface area contributed by atoms with Crippen molar-refractivity contribution in [3.63, 3.8) is 0 Å². The van der Waals surface area contributed by atoms with Crippen molar-refractivity contribution < 1.29 is 0 Å². The minimum absolute atomic E-state index is 0.487. The standard InChI is InChI=1S/C21H27N5S/c1-16-4-6-19(27-16)15-24-12-8-17(9-13-24)21-22-20-7-5-18(14-26(20)23-21)25-10-2-3-11-25/h4-7,14,17H,2-3,8-13,15H2,1H3. The molecule has 2 aliphatic heterocycles. The summed E-state index contributed by atoms with van der Waals surface area (Å²) in [6.07, 6.45) is 7.06. The fourth-order valence-electron chi connectivity index (χ4n) is 4.36. The first-order chi connectivity index (χ1) is 13.2. The molecule has 0 N–H and O–H groups in total. The summed E-state index contributed by atoms with van der Waals surface area (Å²) in [5.41, 5.74) is 2.25. The minimum atomic E-state index is 0.487. The van der Waals surface area contributed by atoms with Crippen LogP contribution in [-0.2, 0) is 6.54 Å². The van der Waals surface area contributed by atoms with Crippen LogP contribution in [-0.4, -0.2) is 45.7 Å². The second kappa shape index (κ2) is 7.24. The number of pyridine rings is 1. The lowest BCUT2D eigenvalue weighted by Gasteiger charge is -2.30. The van der Waals surface area contributed by atoms with E-state index in [2.05, 4.69) is 47.2 Å². The van der Waals surface area contributed by atoms with Crippen LogP contribution in [0.1, 0.15) is 47.2 Å². The number of hydrogen-bond donors (Lipinski definition) is 0. The number of rotatable bonds is 4. The van der Waals surface area contributed by atoms with E-state index in [1.807, 2.05) is 15.9 Å². The Morgan fingerprint density at radius 2 is 1.85 bits per heavy atom. The molecule has 0 saturated carbocycles. The average Bonchev–Trinajstić information content (AvgIpc) is 3.42. The zero-order chi connectivity index (χ0) is 18.2. The lowest BCUT2D eigenvalue weighted by atomic mass is 9.96. The normalized spacial score (nSPS) is 19.4. The number of aromatic nitrogens is 3. The van der Waals surface area contributed by atoms with Gasteiger partial charge in [0.2, 0.25) is 0 Å². The van der Waals surface area contributed by atoms with Crippen molar-refractivity contribution in [3.8, 4) is 0 Å². The first-order valence-corrected chi connectivity index (χ1v) is 11.0. The van der Waals surface area contributed by atoms with Crippen molar-refractivity contribution >= 4 is 22.7 Å². The summed E-state index contributed by atoms with van der Waals surface area (Å²) in [7, 11) is 0. The molecule has 5 rings (SSSR count). The number of thiophene rings is 1. The molecule has 3 aromatic rings. The largest absolute Gasteiger partial charge is 0.370 e. The number of piperidine rings is 1. The molecule has 0 amide bonds. The van der Waals surface area contributed by atoms with Gasteiger partial charge in [0.05, 0.1) is 11.9 Å². The summed E-state index contributed by atoms with van der Waals surface area (Å²) in [4.78, 5) is 12.7. The van der Waals surface area contributed by atoms with E-state index in [4.69, 9.17) is 10.1 Å². The molecule has 0 atom stereocenters. The first kappa shape index (κ1) is 17.2. The van der Waals surface area contributed by atoms with Gasteiger partial charge in [0, 0.05) is 35.3 Å². The van der Waals surface area contributed by atoms with Gasteiger partial charge in [-0.3, -0.25) is 4.90 Å². The average molecular weight is 382 g/mol. The number of anilines is 1. The molecule has 0 aliphatic carbocycles. The Morgan fingerprint density at radius 3 is 2.59 bits per heavy atom. The quantitative estimate of drug-likeness (QED) is 0.682. The van der Waals surface area contributed by atoms with Crippen LogP contribution in [0.15, 0.2) is 30.5 Å². The highest BCUT2D eigenvalue weighted by Crippen LogP contribution is 2.28. The summed E-state index contributed by atoms with van der Waals surface area (Å²) in [5, 5.41) is 4.84. The van der Waals surface area contributed by atoms with E-state index in [9.17, 15) is 0 Å². The maximum atomic E-state index is 4.84. The van der Waals surface area contributed by atoms with Crippen molar-refractivity contribution in [1.29, 1.82) is 0 Å². The van der Waals surface area contributed by atoms with Gasteiger partial charge in [-0.15, -0.1) is 11.3 Å². The van der Waals surface area contributed by atoms with Crippen molar-refractivity contribution in [1.82, 2.24) is 19.5 Å². The Kier molecular flexibility index (Phi) is 4.61. The molecule has 142 valence electrons. The number of fused-ring (bicyclic) bond motifs is 1. The molecule has 6 heteroatoms. The van der Waals surface area contributed by atoms with Gasteiger partial charge in [0.25, 0.3) is 0 Å². The lowest BCUT2D eigenvalue weighted by Crippen LogP contribution is -2.32. The molecule has 5 heterocycles. The van der Waals surface area contributed by atoms with Gasteiger partial charge in [0.1, 0.15) is 0 Å². The molecule has 27 heavy (non-hydrogen) atoms. The van der Waals surface area contributed by atoms with Gasteiger partial charge in [-0.2, -0.15) is 5.10 Å². The number of likely N-dealkylation sites (tertiary alicyclic amines) is 1. The van der Waals surface area contributed by atoms with Crippen LogP contribution in [0.4, 0.5) is 5.69 Å². The van der Waals surface area contributed by atoms with Crippen LogP contribution in [0, 0.1) is 6.92 Å². The van der Waals surface area contributed by atoms with Gasteiger partial charge in [-0.25, -0.2) is 9.50 Å². The maximum Gasteiger partial charge on any atom is 0.155 e. The Balaban J connectivity index is 1.25. The molecule has 0 bridgehead atoms. The van der Waals surface area contributed by atoms with Crippen LogP contribution in [0.2, 0.25) is 0 Å². The third-order valence-electron chi connectivity index (χ3n) is 5.93.